The summed E-state index contributed by atoms with van der Waals surface area (Å²) in [5, 5.41) is 17.7. The van der Waals surface area contributed by atoms with Gasteiger partial charge >= 0.3 is 0 Å². The molecule has 2 aliphatic rings. The first-order valence-corrected chi connectivity index (χ1v) is 19.6. The predicted octanol–water partition coefficient (Wildman–Crippen LogP) is 6.08. The molecule has 1 saturated carbocycles. The van der Waals surface area contributed by atoms with E-state index < -0.39 is 33.2 Å². The van der Waals surface area contributed by atoms with Crippen LogP contribution < -0.4 is 14.8 Å². The lowest BCUT2D eigenvalue weighted by molar-refractivity contribution is 0.0922. The first-order chi connectivity index (χ1) is 25.5. The molecule has 3 aromatic heterocycles. The Balaban J connectivity index is 1.50. The molecule has 3 N–H and O–H groups in total. The summed E-state index contributed by atoms with van der Waals surface area (Å²) in [6.45, 7) is 5.00. The summed E-state index contributed by atoms with van der Waals surface area (Å²) < 4.78 is 37.3. The van der Waals surface area contributed by atoms with Gasteiger partial charge in [0.1, 0.15) is 5.75 Å². The maximum Gasteiger partial charge on any atom is 0.264 e. The van der Waals surface area contributed by atoms with Gasteiger partial charge in [0.25, 0.3) is 11.8 Å². The highest BCUT2D eigenvalue weighted by molar-refractivity contribution is 7.90. The first-order valence-electron chi connectivity index (χ1n) is 18.0. The van der Waals surface area contributed by atoms with Crippen LogP contribution in [-0.4, -0.2) is 69.7 Å². The standard InChI is InChI=1S/C40H44N6O6S/c1-24(2)53(50,51)44-39(48)27-12-14-33-35(19-27)45-23-29(37-34(40(49)42-20-25(3)47)22-43-46(37)30-11-8-16-41-21-30)17-28-18-31(52-4)13-15-32(28)38(45)36(33)26-9-6-5-7-10-26/h8,11-19,21-22,24-26,47H,5-7,9-10,20,23H2,1-4H3,(H,42,49)(H,44,48)/t25-/m1/s1. The quantitative estimate of drug-likeness (QED) is 0.156. The van der Waals surface area contributed by atoms with Crippen LogP contribution in [0.5, 0.6) is 5.75 Å². The Morgan fingerprint density at radius 3 is 2.49 bits per heavy atom. The van der Waals surface area contributed by atoms with Gasteiger partial charge in [0.2, 0.25) is 10.0 Å². The average molecular weight is 737 g/mol. The fraction of sp³-hybridized carbons (Fsp3) is 0.350. The van der Waals surface area contributed by atoms with Gasteiger partial charge in [-0.05, 0) is 105 Å². The van der Waals surface area contributed by atoms with E-state index in [0.717, 1.165) is 59.0 Å². The second-order valence-corrected chi connectivity index (χ2v) is 16.4. The zero-order valence-corrected chi connectivity index (χ0v) is 31.1. The fourth-order valence-corrected chi connectivity index (χ4v) is 8.08. The number of nitrogens with zero attached hydrogens (tertiary/aromatic N) is 4. The molecule has 276 valence electrons. The molecule has 0 radical (unpaired) electrons. The van der Waals surface area contributed by atoms with Gasteiger partial charge in [-0.15, -0.1) is 0 Å². The van der Waals surface area contributed by atoms with Crippen molar-refractivity contribution in [2.45, 2.75) is 76.7 Å². The Morgan fingerprint density at radius 1 is 1.00 bits per heavy atom. The molecule has 0 bridgehead atoms. The minimum atomic E-state index is -3.87. The van der Waals surface area contributed by atoms with Crippen LogP contribution in [0.15, 0.2) is 67.1 Å². The van der Waals surface area contributed by atoms with E-state index in [1.54, 1.807) is 49.3 Å². The molecule has 1 aliphatic heterocycles. The van der Waals surface area contributed by atoms with Gasteiger partial charge in [0.05, 0.1) is 60.0 Å². The fourth-order valence-electron chi connectivity index (χ4n) is 7.47. The van der Waals surface area contributed by atoms with E-state index in [0.29, 0.717) is 22.7 Å². The van der Waals surface area contributed by atoms with Crippen molar-refractivity contribution in [2.75, 3.05) is 13.7 Å². The summed E-state index contributed by atoms with van der Waals surface area (Å²) >= 11 is 0. The number of carbonyl (C=O) groups excluding carboxylic acids is 2. The van der Waals surface area contributed by atoms with Crippen molar-refractivity contribution < 1.29 is 27.9 Å². The highest BCUT2D eigenvalue weighted by Crippen LogP contribution is 2.48. The number of ether oxygens (including phenoxy) is 1. The molecule has 12 nitrogen and oxygen atoms in total. The van der Waals surface area contributed by atoms with Crippen LogP contribution in [0, 0.1) is 0 Å². The van der Waals surface area contributed by atoms with Crippen LogP contribution >= 0.6 is 0 Å². The van der Waals surface area contributed by atoms with Gasteiger partial charge in [0, 0.05) is 34.8 Å². The Kier molecular flexibility index (Phi) is 9.97. The van der Waals surface area contributed by atoms with Gasteiger partial charge in [-0.25, -0.2) is 17.8 Å². The average Bonchev–Trinajstić information content (AvgIpc) is 3.69. The summed E-state index contributed by atoms with van der Waals surface area (Å²) in [6.07, 6.45) is 11.6. The number of aliphatic hydroxyl groups is 1. The molecule has 0 spiro atoms. The molecule has 1 fully saturated rings. The molecule has 2 amide bonds. The van der Waals surface area contributed by atoms with Gasteiger partial charge in [0.15, 0.2) is 0 Å². The topological polar surface area (TPSA) is 157 Å². The Morgan fingerprint density at radius 2 is 1.79 bits per heavy atom. The van der Waals surface area contributed by atoms with E-state index in [1.165, 1.54) is 32.0 Å². The number of rotatable bonds is 10. The summed E-state index contributed by atoms with van der Waals surface area (Å²) in [7, 11) is -2.24. The molecule has 2 aromatic carbocycles. The monoisotopic (exact) mass is 736 g/mol. The Hall–Kier alpha value is -5.27. The molecule has 1 aliphatic carbocycles. The van der Waals surface area contributed by atoms with E-state index >= 15 is 0 Å². The van der Waals surface area contributed by atoms with Gasteiger partial charge in [-0.2, -0.15) is 5.10 Å². The van der Waals surface area contributed by atoms with E-state index in [1.807, 2.05) is 24.3 Å². The number of sulfonamides is 1. The van der Waals surface area contributed by atoms with Crippen molar-refractivity contribution in [3.63, 3.8) is 0 Å². The van der Waals surface area contributed by atoms with Crippen LogP contribution in [-0.2, 0) is 16.6 Å². The zero-order valence-electron chi connectivity index (χ0n) is 30.3. The van der Waals surface area contributed by atoms with Crippen LogP contribution in [0.1, 0.15) is 96.3 Å². The molecule has 7 rings (SSSR count). The number of aromatic nitrogens is 4. The second kappa shape index (κ2) is 14.6. The van der Waals surface area contributed by atoms with Crippen LogP contribution in [0.3, 0.4) is 0 Å². The molecule has 4 heterocycles. The zero-order chi connectivity index (χ0) is 37.4. The minimum absolute atomic E-state index is 0.0595. The summed E-state index contributed by atoms with van der Waals surface area (Å²) in [6, 6.07) is 15.1. The Bertz CT molecular complexity index is 2340. The number of benzene rings is 2. The number of methoxy groups -OCH3 is 1. The van der Waals surface area contributed by atoms with Crippen LogP contribution in [0.2, 0.25) is 0 Å². The van der Waals surface area contributed by atoms with E-state index in [9.17, 15) is 23.1 Å². The van der Waals surface area contributed by atoms with Crippen LogP contribution in [0.25, 0.3) is 39.5 Å². The van der Waals surface area contributed by atoms with Crippen LogP contribution in [0.4, 0.5) is 0 Å². The number of aliphatic hydroxyl groups excluding tert-OH is 1. The second-order valence-electron chi connectivity index (χ2n) is 14.2. The number of hydrogen-bond donors (Lipinski definition) is 3. The van der Waals surface area contributed by atoms with Gasteiger partial charge in [-0.1, -0.05) is 25.3 Å². The maximum atomic E-state index is 13.8. The number of pyridine rings is 1. The largest absolute Gasteiger partial charge is 0.497 e. The smallest absolute Gasteiger partial charge is 0.264 e. The SMILES string of the molecule is COc1ccc2c(c1)C=C(c1c(C(=O)NC[C@@H](C)O)cnn1-c1cccnc1)Cn1c-2c(C2CCCCC2)c2ccc(C(=O)NS(=O)(=O)C(C)C)cc21. The van der Waals surface area contributed by atoms with Crippen molar-refractivity contribution in [2.24, 2.45) is 0 Å². The number of allylic oxidation sites excluding steroid dienone is 1. The lowest BCUT2D eigenvalue weighted by Gasteiger charge is -2.24. The normalized spacial score (nSPS) is 15.3. The molecule has 5 aromatic rings. The predicted molar refractivity (Wildman–Crippen MR) is 205 cm³/mol. The van der Waals surface area contributed by atoms with Gasteiger partial charge in [-0.3, -0.25) is 14.6 Å². The molecule has 1 atom stereocenters. The van der Waals surface area contributed by atoms with Crippen molar-refractivity contribution in [1.82, 2.24) is 29.4 Å². The summed E-state index contributed by atoms with van der Waals surface area (Å²) in [5.74, 6) is -0.152. The molecule has 0 unspecified atom stereocenters. The number of carbonyl (C=O) groups is 2. The lowest BCUT2D eigenvalue weighted by atomic mass is 9.81. The third kappa shape index (κ3) is 6.98. The minimum Gasteiger partial charge on any atom is -0.497 e. The summed E-state index contributed by atoms with van der Waals surface area (Å²) in [5.41, 5.74) is 7.32. The molecular weight excluding hydrogens is 693 g/mol. The van der Waals surface area contributed by atoms with Crippen molar-refractivity contribution in [1.29, 1.82) is 0 Å². The lowest BCUT2D eigenvalue weighted by Crippen LogP contribution is -2.35. The van der Waals surface area contributed by atoms with E-state index in [2.05, 4.69) is 36.8 Å². The van der Waals surface area contributed by atoms with E-state index in [-0.39, 0.29) is 24.6 Å². The summed E-state index contributed by atoms with van der Waals surface area (Å²) in [4.78, 5) is 31.6. The van der Waals surface area contributed by atoms with Crippen molar-refractivity contribution in [3.05, 3.63) is 95.1 Å². The van der Waals surface area contributed by atoms with Crippen molar-refractivity contribution in [3.8, 4) is 22.7 Å². The number of hydrogen-bond acceptors (Lipinski definition) is 8. The van der Waals surface area contributed by atoms with E-state index in [4.69, 9.17) is 4.74 Å². The van der Waals surface area contributed by atoms with Crippen molar-refractivity contribution >= 4 is 44.4 Å². The molecular formula is C40H44N6O6S. The third-order valence-electron chi connectivity index (χ3n) is 10.2. The maximum absolute atomic E-state index is 13.8. The first kappa shape index (κ1) is 36.1. The highest BCUT2D eigenvalue weighted by Gasteiger charge is 2.32. The molecule has 13 heteroatoms. The highest BCUT2D eigenvalue weighted by atomic mass is 32.2. The molecule has 0 saturated heterocycles. The third-order valence-corrected chi connectivity index (χ3v) is 11.9. The number of nitrogens with one attached hydrogen (secondary N) is 2. The number of fused-ring (bicyclic) bond motifs is 5. The molecule has 53 heavy (non-hydrogen) atoms. The number of amides is 2. The van der Waals surface area contributed by atoms with Gasteiger partial charge < -0.3 is 19.7 Å². The Labute approximate surface area is 308 Å².